The van der Waals surface area contributed by atoms with Crippen molar-refractivity contribution in [3.05, 3.63) is 65.5 Å². The van der Waals surface area contributed by atoms with Crippen LogP contribution in [0.3, 0.4) is 0 Å². The summed E-state index contributed by atoms with van der Waals surface area (Å²) in [6.45, 7) is 0.932. The SMILES string of the molecule is O=C(c1cc(C2CC2)on1)N1CC[C@@H](c2ccc3ccccc3c2)[C@H](O)C1. The lowest BCUT2D eigenvalue weighted by atomic mass is 9.86. The van der Waals surface area contributed by atoms with E-state index < -0.39 is 6.10 Å². The van der Waals surface area contributed by atoms with E-state index in [1.54, 1.807) is 11.0 Å². The molecule has 1 saturated carbocycles. The molecule has 1 aromatic heterocycles. The Hall–Kier alpha value is -2.66. The van der Waals surface area contributed by atoms with Gasteiger partial charge in [0.15, 0.2) is 5.69 Å². The summed E-state index contributed by atoms with van der Waals surface area (Å²) in [5.74, 6) is 1.13. The molecule has 2 atom stereocenters. The smallest absolute Gasteiger partial charge is 0.276 e. The number of carbonyl (C=O) groups is 1. The number of nitrogens with zero attached hydrogens (tertiary/aromatic N) is 2. The van der Waals surface area contributed by atoms with Gasteiger partial charge < -0.3 is 14.5 Å². The normalized spacial score (nSPS) is 22.9. The molecule has 0 spiro atoms. The lowest BCUT2D eigenvalue weighted by Crippen LogP contribution is -2.45. The summed E-state index contributed by atoms with van der Waals surface area (Å²) in [4.78, 5) is 14.4. The minimum atomic E-state index is -0.585. The van der Waals surface area contributed by atoms with Crippen LogP contribution in [0.2, 0.25) is 0 Å². The van der Waals surface area contributed by atoms with Crippen molar-refractivity contribution in [3.8, 4) is 0 Å². The molecule has 2 aliphatic rings. The summed E-state index contributed by atoms with van der Waals surface area (Å²) in [5.41, 5.74) is 1.49. The van der Waals surface area contributed by atoms with Crippen molar-refractivity contribution in [3.63, 3.8) is 0 Å². The molecule has 1 saturated heterocycles. The van der Waals surface area contributed by atoms with E-state index in [4.69, 9.17) is 4.52 Å². The second-order valence-electron chi connectivity index (χ2n) is 7.71. The number of fused-ring (bicyclic) bond motifs is 1. The summed E-state index contributed by atoms with van der Waals surface area (Å²) >= 11 is 0. The molecule has 3 aromatic rings. The maximum Gasteiger partial charge on any atom is 0.276 e. The van der Waals surface area contributed by atoms with Gasteiger partial charge in [-0.2, -0.15) is 0 Å². The fourth-order valence-electron chi connectivity index (χ4n) is 4.06. The number of rotatable bonds is 3. The summed E-state index contributed by atoms with van der Waals surface area (Å²) in [5, 5.41) is 17.0. The highest BCUT2D eigenvalue weighted by molar-refractivity contribution is 5.92. The Morgan fingerprint density at radius 2 is 1.89 bits per heavy atom. The molecule has 1 amide bonds. The number of benzene rings is 2. The van der Waals surface area contributed by atoms with Gasteiger partial charge in [0.25, 0.3) is 5.91 Å². The molecule has 0 unspecified atom stereocenters. The highest BCUT2D eigenvalue weighted by Crippen LogP contribution is 2.40. The van der Waals surface area contributed by atoms with Crippen LogP contribution in [0.5, 0.6) is 0 Å². The van der Waals surface area contributed by atoms with Gasteiger partial charge in [-0.05, 0) is 35.6 Å². The largest absolute Gasteiger partial charge is 0.391 e. The van der Waals surface area contributed by atoms with Crippen molar-refractivity contribution >= 4 is 16.7 Å². The van der Waals surface area contributed by atoms with Crippen molar-refractivity contribution in [2.24, 2.45) is 0 Å². The van der Waals surface area contributed by atoms with E-state index >= 15 is 0 Å². The van der Waals surface area contributed by atoms with E-state index in [2.05, 4.69) is 35.5 Å². The Bertz CT molecular complexity index is 992. The van der Waals surface area contributed by atoms with Crippen molar-refractivity contribution in [1.82, 2.24) is 10.1 Å². The number of aromatic nitrogens is 1. The number of aliphatic hydroxyl groups is 1. The summed E-state index contributed by atoms with van der Waals surface area (Å²) in [6, 6.07) is 16.3. The number of amides is 1. The molecule has 1 N–H and O–H groups in total. The maximum absolute atomic E-state index is 12.7. The lowest BCUT2D eigenvalue weighted by Gasteiger charge is -2.36. The zero-order chi connectivity index (χ0) is 18.4. The van der Waals surface area contributed by atoms with Gasteiger partial charge >= 0.3 is 0 Å². The van der Waals surface area contributed by atoms with Crippen LogP contribution in [0.25, 0.3) is 10.8 Å². The van der Waals surface area contributed by atoms with Gasteiger partial charge in [0.05, 0.1) is 6.10 Å². The van der Waals surface area contributed by atoms with Gasteiger partial charge in [0.1, 0.15) is 5.76 Å². The van der Waals surface area contributed by atoms with Gasteiger partial charge in [-0.25, -0.2) is 0 Å². The topological polar surface area (TPSA) is 66.6 Å². The third kappa shape index (κ3) is 3.12. The molecule has 1 aliphatic carbocycles. The van der Waals surface area contributed by atoms with Gasteiger partial charge in [-0.3, -0.25) is 4.79 Å². The fraction of sp³-hybridized carbons (Fsp3) is 0.364. The first kappa shape index (κ1) is 16.5. The van der Waals surface area contributed by atoms with E-state index in [0.29, 0.717) is 24.7 Å². The Morgan fingerprint density at radius 1 is 1.07 bits per heavy atom. The zero-order valence-electron chi connectivity index (χ0n) is 15.0. The van der Waals surface area contributed by atoms with E-state index in [-0.39, 0.29) is 11.8 Å². The molecule has 0 radical (unpaired) electrons. The van der Waals surface area contributed by atoms with Crippen molar-refractivity contribution in [2.75, 3.05) is 13.1 Å². The third-order valence-corrected chi connectivity index (χ3v) is 5.80. The minimum absolute atomic E-state index is 0.0398. The average molecular weight is 362 g/mol. The third-order valence-electron chi connectivity index (χ3n) is 5.80. The molecule has 5 heteroatoms. The molecular weight excluding hydrogens is 340 g/mol. The summed E-state index contributed by atoms with van der Waals surface area (Å²) in [7, 11) is 0. The number of aliphatic hydroxyl groups excluding tert-OH is 1. The van der Waals surface area contributed by atoms with Crippen molar-refractivity contribution in [1.29, 1.82) is 0 Å². The quantitative estimate of drug-likeness (QED) is 0.772. The molecule has 2 heterocycles. The van der Waals surface area contributed by atoms with Crippen LogP contribution in [-0.2, 0) is 0 Å². The molecule has 5 nitrogen and oxygen atoms in total. The number of carbonyl (C=O) groups excluding carboxylic acids is 1. The van der Waals surface area contributed by atoms with E-state index in [1.165, 1.54) is 10.8 Å². The van der Waals surface area contributed by atoms with E-state index in [1.807, 2.05) is 12.1 Å². The highest BCUT2D eigenvalue weighted by atomic mass is 16.5. The molecule has 2 fully saturated rings. The molecule has 138 valence electrons. The predicted octanol–water partition coefficient (Wildman–Crippen LogP) is 3.70. The Kier molecular flexibility index (Phi) is 3.97. The molecule has 0 bridgehead atoms. The molecular formula is C22H22N2O3. The van der Waals surface area contributed by atoms with Crippen molar-refractivity contribution < 1.29 is 14.4 Å². The summed E-state index contributed by atoms with van der Waals surface area (Å²) < 4.78 is 5.30. The average Bonchev–Trinajstić information content (AvgIpc) is 3.44. The standard InChI is InChI=1S/C22H22N2O3/c25-20-13-24(22(26)19-12-21(27-23-19)15-6-7-15)10-9-18(20)17-8-5-14-3-1-2-4-16(14)11-17/h1-5,8,11-12,15,18,20,25H,6-7,9-10,13H2/t18-,20+/m0/s1. The van der Waals surface area contributed by atoms with Crippen LogP contribution >= 0.6 is 0 Å². The number of piperidine rings is 1. The van der Waals surface area contributed by atoms with Gasteiger partial charge in [-0.15, -0.1) is 0 Å². The van der Waals surface area contributed by atoms with Crippen LogP contribution < -0.4 is 0 Å². The van der Waals surface area contributed by atoms with Crippen LogP contribution in [0.1, 0.15) is 52.9 Å². The van der Waals surface area contributed by atoms with Crippen LogP contribution in [-0.4, -0.2) is 40.3 Å². The number of hydrogen-bond acceptors (Lipinski definition) is 4. The number of likely N-dealkylation sites (tertiary alicyclic amines) is 1. The first-order valence-corrected chi connectivity index (χ1v) is 9.62. The van der Waals surface area contributed by atoms with Gasteiger partial charge in [0, 0.05) is 31.0 Å². The molecule has 2 aromatic carbocycles. The molecule has 1 aliphatic heterocycles. The monoisotopic (exact) mass is 362 g/mol. The Morgan fingerprint density at radius 3 is 2.67 bits per heavy atom. The van der Waals surface area contributed by atoms with Crippen molar-refractivity contribution in [2.45, 2.75) is 37.2 Å². The maximum atomic E-state index is 12.7. The minimum Gasteiger partial charge on any atom is -0.391 e. The lowest BCUT2D eigenvalue weighted by molar-refractivity contribution is 0.0375. The van der Waals surface area contributed by atoms with Gasteiger partial charge in [0.2, 0.25) is 0 Å². The van der Waals surface area contributed by atoms with E-state index in [9.17, 15) is 9.90 Å². The Labute approximate surface area is 157 Å². The first-order valence-electron chi connectivity index (χ1n) is 9.62. The van der Waals surface area contributed by atoms with Crippen LogP contribution in [0, 0.1) is 0 Å². The van der Waals surface area contributed by atoms with Gasteiger partial charge in [-0.1, -0.05) is 47.6 Å². The first-order chi connectivity index (χ1) is 13.2. The zero-order valence-corrected chi connectivity index (χ0v) is 15.0. The number of β-amino-alcohol motifs (C(OH)–C–C–N with tert-alkyl or cyclic N) is 1. The molecule has 5 rings (SSSR count). The molecule has 27 heavy (non-hydrogen) atoms. The van der Waals surface area contributed by atoms with Crippen LogP contribution in [0.15, 0.2) is 53.1 Å². The predicted molar refractivity (Wildman–Crippen MR) is 102 cm³/mol. The number of hydrogen-bond donors (Lipinski definition) is 1. The Balaban J connectivity index is 1.31. The second kappa shape index (κ2) is 6.50. The highest BCUT2D eigenvalue weighted by Gasteiger charge is 2.34. The van der Waals surface area contributed by atoms with Crippen LogP contribution in [0.4, 0.5) is 0 Å². The fourth-order valence-corrected chi connectivity index (χ4v) is 4.06. The second-order valence-corrected chi connectivity index (χ2v) is 7.71. The summed E-state index contributed by atoms with van der Waals surface area (Å²) in [6.07, 6.45) is 2.37. The van der Waals surface area contributed by atoms with E-state index in [0.717, 1.165) is 30.6 Å².